The molecule has 1 aliphatic carbocycles. The van der Waals surface area contributed by atoms with Gasteiger partial charge in [-0.1, -0.05) is 12.1 Å². The number of aromatic nitrogens is 2. The Morgan fingerprint density at radius 3 is 3.20 bits per heavy atom. The Morgan fingerprint density at radius 1 is 1.33 bits per heavy atom. The van der Waals surface area contributed by atoms with Gasteiger partial charge < -0.3 is 0 Å². The fraction of sp³-hybridized carbons (Fsp3) is 0.167. The molecular weight excluding hydrogens is 188 g/mol. The van der Waals surface area contributed by atoms with Crippen LogP contribution in [-0.2, 0) is 6.42 Å². The smallest absolute Gasteiger partial charge is 0.261 e. The molecule has 0 radical (unpaired) electrons. The first kappa shape index (κ1) is 8.41. The molecule has 0 atom stereocenters. The number of hydrogen-bond acceptors (Lipinski definition) is 2. The fourth-order valence-corrected chi connectivity index (χ4v) is 1.94. The van der Waals surface area contributed by atoms with E-state index in [-0.39, 0.29) is 5.56 Å². The Bertz CT molecular complexity index is 611. The molecular formula is C12H10N2O. The zero-order valence-corrected chi connectivity index (χ0v) is 8.18. The van der Waals surface area contributed by atoms with Gasteiger partial charge in [0.05, 0.1) is 5.69 Å². The van der Waals surface area contributed by atoms with E-state index in [2.05, 4.69) is 11.1 Å². The van der Waals surface area contributed by atoms with E-state index in [1.54, 1.807) is 10.6 Å². The zero-order valence-electron chi connectivity index (χ0n) is 8.18. The second kappa shape index (κ2) is 3.05. The topological polar surface area (TPSA) is 34.4 Å². The lowest BCUT2D eigenvalue weighted by atomic mass is 10.0. The molecule has 0 aliphatic heterocycles. The molecule has 15 heavy (non-hydrogen) atoms. The summed E-state index contributed by atoms with van der Waals surface area (Å²) in [5, 5.41) is 0. The van der Waals surface area contributed by atoms with Gasteiger partial charge in [-0.05, 0) is 31.1 Å². The average molecular weight is 198 g/mol. The van der Waals surface area contributed by atoms with Gasteiger partial charge in [0.2, 0.25) is 0 Å². The van der Waals surface area contributed by atoms with E-state index in [9.17, 15) is 4.79 Å². The molecule has 2 aromatic rings. The summed E-state index contributed by atoms with van der Waals surface area (Å²) in [6.07, 6.45) is 7.50. The number of allylic oxidation sites excluding steroid dienone is 1. The van der Waals surface area contributed by atoms with Crippen molar-refractivity contribution in [3.63, 3.8) is 0 Å². The Morgan fingerprint density at radius 2 is 2.27 bits per heavy atom. The van der Waals surface area contributed by atoms with Crippen LogP contribution in [0.4, 0.5) is 0 Å². The van der Waals surface area contributed by atoms with Gasteiger partial charge in [-0.15, -0.1) is 0 Å². The normalized spacial score (nSPS) is 14.1. The first-order chi connectivity index (χ1) is 7.36. The van der Waals surface area contributed by atoms with Crippen molar-refractivity contribution in [2.24, 2.45) is 0 Å². The van der Waals surface area contributed by atoms with Gasteiger partial charge in [0.15, 0.2) is 0 Å². The van der Waals surface area contributed by atoms with Gasteiger partial charge in [0, 0.05) is 11.8 Å². The Labute approximate surface area is 86.7 Å². The van der Waals surface area contributed by atoms with Gasteiger partial charge >= 0.3 is 0 Å². The van der Waals surface area contributed by atoms with Crippen molar-refractivity contribution in [3.05, 3.63) is 52.1 Å². The second-order valence-electron chi connectivity index (χ2n) is 3.65. The van der Waals surface area contributed by atoms with Crippen LogP contribution in [0, 0.1) is 0 Å². The molecule has 1 aliphatic rings. The third kappa shape index (κ3) is 1.20. The number of pyridine rings is 1. The predicted molar refractivity (Wildman–Crippen MR) is 58.8 cm³/mol. The van der Waals surface area contributed by atoms with Crippen molar-refractivity contribution in [1.82, 2.24) is 9.38 Å². The van der Waals surface area contributed by atoms with Crippen LogP contribution in [-0.4, -0.2) is 9.38 Å². The largest absolute Gasteiger partial charge is 0.269 e. The molecule has 2 heterocycles. The standard InChI is InChI=1S/C12H10N2O/c15-12-9-5-1-2-6-10(9)13-11-7-3-4-8-14(11)12/h2-4,6-8H,1,5H2. The molecule has 3 rings (SSSR count). The van der Waals surface area contributed by atoms with E-state index in [0.29, 0.717) is 5.65 Å². The third-order valence-electron chi connectivity index (χ3n) is 2.70. The molecule has 3 heteroatoms. The molecule has 3 nitrogen and oxygen atoms in total. The lowest BCUT2D eigenvalue weighted by Gasteiger charge is -2.10. The Kier molecular flexibility index (Phi) is 1.71. The van der Waals surface area contributed by atoms with E-state index in [4.69, 9.17) is 0 Å². The van der Waals surface area contributed by atoms with Gasteiger partial charge in [-0.25, -0.2) is 4.98 Å². The number of rotatable bonds is 0. The van der Waals surface area contributed by atoms with Crippen molar-refractivity contribution in [1.29, 1.82) is 0 Å². The first-order valence-corrected chi connectivity index (χ1v) is 5.03. The summed E-state index contributed by atoms with van der Waals surface area (Å²) in [6, 6.07) is 5.59. The maximum absolute atomic E-state index is 12.1. The Hall–Kier alpha value is -1.90. The summed E-state index contributed by atoms with van der Waals surface area (Å²) >= 11 is 0. The number of nitrogens with zero attached hydrogens (tertiary/aromatic N) is 2. The van der Waals surface area contributed by atoms with E-state index in [1.807, 2.05) is 24.3 Å². The van der Waals surface area contributed by atoms with Crippen molar-refractivity contribution >= 4 is 11.7 Å². The highest BCUT2D eigenvalue weighted by molar-refractivity contribution is 5.55. The van der Waals surface area contributed by atoms with Crippen LogP contribution in [0.25, 0.3) is 11.7 Å². The molecule has 74 valence electrons. The molecule has 0 unspecified atom stereocenters. The minimum Gasteiger partial charge on any atom is -0.269 e. The highest BCUT2D eigenvalue weighted by Gasteiger charge is 2.12. The number of hydrogen-bond donors (Lipinski definition) is 0. The van der Waals surface area contributed by atoms with Crippen LogP contribution in [0.2, 0.25) is 0 Å². The van der Waals surface area contributed by atoms with Gasteiger partial charge in [-0.2, -0.15) is 0 Å². The molecule has 0 spiro atoms. The van der Waals surface area contributed by atoms with Crippen LogP contribution in [0.5, 0.6) is 0 Å². The molecule has 0 saturated heterocycles. The third-order valence-corrected chi connectivity index (χ3v) is 2.70. The lowest BCUT2D eigenvalue weighted by Crippen LogP contribution is -2.22. The minimum atomic E-state index is 0.0694. The predicted octanol–water partition coefficient (Wildman–Crippen LogP) is 1.65. The summed E-state index contributed by atoms with van der Waals surface area (Å²) in [7, 11) is 0. The van der Waals surface area contributed by atoms with Crippen molar-refractivity contribution < 1.29 is 0 Å². The summed E-state index contributed by atoms with van der Waals surface area (Å²) in [5.74, 6) is 0. The van der Waals surface area contributed by atoms with E-state index in [1.165, 1.54) is 0 Å². The quantitative estimate of drug-likeness (QED) is 0.645. The molecule has 0 fully saturated rings. The average Bonchev–Trinajstić information content (AvgIpc) is 2.30. The molecule has 0 amide bonds. The van der Waals surface area contributed by atoms with Crippen LogP contribution >= 0.6 is 0 Å². The summed E-state index contributed by atoms with van der Waals surface area (Å²) in [4.78, 5) is 16.5. The van der Waals surface area contributed by atoms with Gasteiger partial charge in [0.1, 0.15) is 5.65 Å². The van der Waals surface area contributed by atoms with Crippen molar-refractivity contribution in [2.45, 2.75) is 12.8 Å². The van der Waals surface area contributed by atoms with Crippen LogP contribution in [0.3, 0.4) is 0 Å². The first-order valence-electron chi connectivity index (χ1n) is 5.03. The van der Waals surface area contributed by atoms with Crippen molar-refractivity contribution in [3.8, 4) is 0 Å². The van der Waals surface area contributed by atoms with Gasteiger partial charge in [0.25, 0.3) is 5.56 Å². The molecule has 0 N–H and O–H groups in total. The van der Waals surface area contributed by atoms with E-state index in [0.717, 1.165) is 24.1 Å². The van der Waals surface area contributed by atoms with Crippen LogP contribution in [0.1, 0.15) is 17.7 Å². The fourth-order valence-electron chi connectivity index (χ4n) is 1.94. The van der Waals surface area contributed by atoms with Crippen molar-refractivity contribution in [2.75, 3.05) is 0 Å². The highest BCUT2D eigenvalue weighted by Crippen LogP contribution is 2.14. The highest BCUT2D eigenvalue weighted by atomic mass is 16.1. The van der Waals surface area contributed by atoms with E-state index >= 15 is 0 Å². The summed E-state index contributed by atoms with van der Waals surface area (Å²) in [5.41, 5.74) is 2.45. The summed E-state index contributed by atoms with van der Waals surface area (Å²) < 4.78 is 1.61. The lowest BCUT2D eigenvalue weighted by molar-refractivity contribution is 0.900. The SMILES string of the molecule is O=c1c2c(nc3ccccn13)C=CCC2. The molecule has 0 aromatic carbocycles. The monoisotopic (exact) mass is 198 g/mol. The summed E-state index contributed by atoms with van der Waals surface area (Å²) in [6.45, 7) is 0. The Balaban J connectivity index is 2.48. The molecule has 0 bridgehead atoms. The molecule has 0 saturated carbocycles. The maximum Gasteiger partial charge on any atom is 0.261 e. The maximum atomic E-state index is 12.1. The van der Waals surface area contributed by atoms with Gasteiger partial charge in [-0.3, -0.25) is 9.20 Å². The molecule has 2 aromatic heterocycles. The second-order valence-corrected chi connectivity index (χ2v) is 3.65. The van der Waals surface area contributed by atoms with E-state index < -0.39 is 0 Å². The van der Waals surface area contributed by atoms with Crippen LogP contribution in [0.15, 0.2) is 35.3 Å². The minimum absolute atomic E-state index is 0.0694. The number of fused-ring (bicyclic) bond motifs is 2. The van der Waals surface area contributed by atoms with Crippen LogP contribution < -0.4 is 5.56 Å². The zero-order chi connectivity index (χ0) is 10.3.